The molecule has 1 heterocycles. The maximum Gasteiger partial charge on any atom is 0.420 e. The molecule has 1 unspecified atom stereocenters. The molecular formula is C30H36F2N2O7. The monoisotopic (exact) mass is 574 g/mol. The fraction of sp³-hybridized carbons (Fsp3) is 0.433. The first-order valence-electron chi connectivity index (χ1n) is 13.0. The molecule has 3 rings (SSSR count). The first kappa shape index (κ1) is 31.7. The normalized spacial score (nSPS) is 13.0. The van der Waals surface area contributed by atoms with Gasteiger partial charge in [-0.25, -0.2) is 23.3 Å². The minimum absolute atomic E-state index is 0.161. The summed E-state index contributed by atoms with van der Waals surface area (Å²) in [4.78, 5) is 31.5. The lowest BCUT2D eigenvalue weighted by molar-refractivity contribution is -0.000600. The average Bonchev–Trinajstić information content (AvgIpc) is 2.84. The van der Waals surface area contributed by atoms with Crippen molar-refractivity contribution in [3.8, 4) is 11.5 Å². The molecule has 1 aromatic heterocycles. The van der Waals surface area contributed by atoms with Crippen molar-refractivity contribution in [1.29, 1.82) is 0 Å². The van der Waals surface area contributed by atoms with E-state index in [0.717, 1.165) is 11.8 Å². The van der Waals surface area contributed by atoms with Crippen LogP contribution in [0.15, 0.2) is 48.7 Å². The Labute approximate surface area is 237 Å². The highest BCUT2D eigenvalue weighted by atomic mass is 19.3. The molecule has 0 spiro atoms. The summed E-state index contributed by atoms with van der Waals surface area (Å²) in [6.07, 6.45) is -1.88. The van der Waals surface area contributed by atoms with Crippen LogP contribution in [0.25, 0.3) is 10.9 Å². The molecule has 11 heteroatoms. The van der Waals surface area contributed by atoms with Crippen LogP contribution in [0.5, 0.6) is 11.5 Å². The van der Waals surface area contributed by atoms with E-state index in [1.807, 2.05) is 0 Å². The van der Waals surface area contributed by atoms with E-state index < -0.39 is 48.6 Å². The van der Waals surface area contributed by atoms with Crippen LogP contribution in [0.4, 0.5) is 18.4 Å². The second kappa shape index (κ2) is 12.0. The molecule has 0 saturated carbocycles. The van der Waals surface area contributed by atoms with Gasteiger partial charge in [-0.1, -0.05) is 6.07 Å². The van der Waals surface area contributed by atoms with Crippen molar-refractivity contribution in [3.63, 3.8) is 0 Å². The molecule has 2 N–H and O–H groups in total. The molecule has 0 saturated heterocycles. The van der Waals surface area contributed by atoms with Crippen molar-refractivity contribution < 1.29 is 42.8 Å². The lowest BCUT2D eigenvalue weighted by Gasteiger charge is -2.29. The number of carbonyl (C=O) groups excluding carboxylic acids is 2. The van der Waals surface area contributed by atoms with Crippen LogP contribution in [-0.2, 0) is 21.9 Å². The Hall–Kier alpha value is -3.83. The van der Waals surface area contributed by atoms with Crippen molar-refractivity contribution in [3.05, 3.63) is 65.4 Å². The van der Waals surface area contributed by atoms with E-state index in [9.17, 15) is 28.6 Å². The first-order valence-corrected chi connectivity index (χ1v) is 13.0. The first-order chi connectivity index (χ1) is 18.9. The van der Waals surface area contributed by atoms with Crippen molar-refractivity contribution in [1.82, 2.24) is 9.88 Å². The third kappa shape index (κ3) is 8.34. The molecule has 0 aliphatic carbocycles. The second-order valence-corrected chi connectivity index (χ2v) is 11.6. The third-order valence-corrected chi connectivity index (χ3v) is 5.63. The standard InChI is InChI=1S/C30H36F2N2O7/c1-28(2,3)40-26(37)34(27(38)41-29(4,5)6)16-18-15-23(39-20-12-10-19(11-13-20)30(7,31)32)25-21(9-8-14-33-25)24(18)22(36)17-35/h8-15,22,35-36H,16-17H2,1-7H3. The van der Waals surface area contributed by atoms with Gasteiger partial charge in [0.15, 0.2) is 5.75 Å². The number of fused-ring (bicyclic) bond motifs is 1. The van der Waals surface area contributed by atoms with Gasteiger partial charge in [0.25, 0.3) is 5.92 Å². The number of ether oxygens (including phenoxy) is 3. The lowest BCUT2D eigenvalue weighted by atomic mass is 9.96. The molecule has 0 radical (unpaired) electrons. The van der Waals surface area contributed by atoms with E-state index in [-0.39, 0.29) is 28.2 Å². The smallest absolute Gasteiger partial charge is 0.420 e. The number of carbonyl (C=O) groups is 2. The number of hydrogen-bond donors (Lipinski definition) is 2. The number of aliphatic hydroxyl groups excluding tert-OH is 2. The molecule has 0 fully saturated rings. The summed E-state index contributed by atoms with van der Waals surface area (Å²) in [7, 11) is 0. The predicted octanol–water partition coefficient (Wildman–Crippen LogP) is 6.84. The summed E-state index contributed by atoms with van der Waals surface area (Å²) in [6.45, 7) is 9.58. The third-order valence-electron chi connectivity index (χ3n) is 5.63. The molecule has 2 amide bonds. The zero-order valence-electron chi connectivity index (χ0n) is 24.2. The van der Waals surface area contributed by atoms with Gasteiger partial charge in [-0.15, -0.1) is 0 Å². The van der Waals surface area contributed by atoms with Crippen LogP contribution in [-0.4, -0.2) is 50.1 Å². The molecule has 0 aliphatic rings. The number of imide groups is 1. The van der Waals surface area contributed by atoms with Gasteiger partial charge in [0.05, 0.1) is 13.2 Å². The largest absolute Gasteiger partial charge is 0.455 e. The summed E-state index contributed by atoms with van der Waals surface area (Å²) >= 11 is 0. The van der Waals surface area contributed by atoms with E-state index in [1.54, 1.807) is 53.7 Å². The van der Waals surface area contributed by atoms with Crippen LogP contribution in [0, 0.1) is 0 Å². The number of pyridine rings is 1. The van der Waals surface area contributed by atoms with Gasteiger partial charge in [0.1, 0.15) is 28.6 Å². The van der Waals surface area contributed by atoms with Gasteiger partial charge in [-0.2, -0.15) is 0 Å². The molecule has 9 nitrogen and oxygen atoms in total. The minimum atomic E-state index is -3.03. The van der Waals surface area contributed by atoms with E-state index in [1.165, 1.54) is 36.5 Å². The van der Waals surface area contributed by atoms with Gasteiger partial charge in [-0.3, -0.25) is 4.98 Å². The zero-order valence-corrected chi connectivity index (χ0v) is 24.2. The Morgan fingerprint density at radius 2 is 1.51 bits per heavy atom. The Morgan fingerprint density at radius 3 is 2.00 bits per heavy atom. The second-order valence-electron chi connectivity index (χ2n) is 11.6. The Morgan fingerprint density at radius 1 is 0.951 bits per heavy atom. The van der Waals surface area contributed by atoms with Gasteiger partial charge >= 0.3 is 12.2 Å². The maximum atomic E-state index is 13.7. The Kier molecular flexibility index (Phi) is 9.24. The fourth-order valence-electron chi connectivity index (χ4n) is 3.94. The van der Waals surface area contributed by atoms with Crippen LogP contribution >= 0.6 is 0 Å². The summed E-state index contributed by atoms with van der Waals surface area (Å²) in [5, 5.41) is 21.1. The maximum absolute atomic E-state index is 13.7. The van der Waals surface area contributed by atoms with Gasteiger partial charge in [0.2, 0.25) is 0 Å². The van der Waals surface area contributed by atoms with Crippen LogP contribution in [0.3, 0.4) is 0 Å². The van der Waals surface area contributed by atoms with Gasteiger partial charge < -0.3 is 24.4 Å². The topological polar surface area (TPSA) is 118 Å². The highest BCUT2D eigenvalue weighted by molar-refractivity contribution is 5.91. The minimum Gasteiger partial charge on any atom is -0.455 e. The highest BCUT2D eigenvalue weighted by Gasteiger charge is 2.33. The molecule has 1 atom stereocenters. The molecule has 3 aromatic rings. The molecule has 222 valence electrons. The van der Waals surface area contributed by atoms with Crippen LogP contribution in [0.1, 0.15) is 71.3 Å². The number of benzene rings is 2. The van der Waals surface area contributed by atoms with Crippen molar-refractivity contribution in [2.75, 3.05) is 6.61 Å². The summed E-state index contributed by atoms with van der Waals surface area (Å²) < 4.78 is 44.4. The number of alkyl halides is 2. The molecule has 41 heavy (non-hydrogen) atoms. The number of halogens is 2. The summed E-state index contributed by atoms with van der Waals surface area (Å²) in [6, 6.07) is 9.95. The zero-order chi connectivity index (χ0) is 30.8. The number of hydrogen-bond acceptors (Lipinski definition) is 8. The van der Waals surface area contributed by atoms with E-state index in [2.05, 4.69) is 4.98 Å². The molecule has 0 bridgehead atoms. The number of rotatable bonds is 7. The van der Waals surface area contributed by atoms with Crippen molar-refractivity contribution in [2.45, 2.75) is 78.2 Å². The quantitative estimate of drug-likeness (QED) is 0.315. The predicted molar refractivity (Wildman–Crippen MR) is 148 cm³/mol. The molecular weight excluding hydrogens is 538 g/mol. The number of nitrogens with zero attached hydrogens (tertiary/aromatic N) is 2. The number of aliphatic hydroxyl groups is 2. The summed E-state index contributed by atoms with van der Waals surface area (Å²) in [5.74, 6) is -2.65. The summed E-state index contributed by atoms with van der Waals surface area (Å²) in [5.41, 5.74) is -1.33. The number of amides is 2. The number of aromatic nitrogens is 1. The highest BCUT2D eigenvalue weighted by Crippen LogP contribution is 2.38. The average molecular weight is 575 g/mol. The van der Waals surface area contributed by atoms with Crippen LogP contribution in [0.2, 0.25) is 0 Å². The van der Waals surface area contributed by atoms with E-state index in [0.29, 0.717) is 10.9 Å². The van der Waals surface area contributed by atoms with E-state index >= 15 is 0 Å². The fourth-order valence-corrected chi connectivity index (χ4v) is 3.94. The molecule has 0 aliphatic heterocycles. The van der Waals surface area contributed by atoms with Gasteiger partial charge in [0, 0.05) is 24.1 Å². The SMILES string of the molecule is CC(C)(C)OC(=O)N(Cc1cc(Oc2ccc(C(C)(F)F)cc2)c2ncccc2c1C(O)CO)C(=O)OC(C)(C)C. The van der Waals surface area contributed by atoms with E-state index in [4.69, 9.17) is 14.2 Å². The van der Waals surface area contributed by atoms with Crippen molar-refractivity contribution in [2.24, 2.45) is 0 Å². The van der Waals surface area contributed by atoms with Crippen molar-refractivity contribution >= 4 is 23.1 Å². The Bertz CT molecular complexity index is 1360. The molecule has 2 aromatic carbocycles. The Balaban J connectivity index is 2.17. The lowest BCUT2D eigenvalue weighted by Crippen LogP contribution is -2.43. The van der Waals surface area contributed by atoms with Crippen LogP contribution < -0.4 is 4.74 Å². The van der Waals surface area contributed by atoms with Gasteiger partial charge in [-0.05, 0) is 89.1 Å².